The molecule has 0 saturated carbocycles. The van der Waals surface area contributed by atoms with Crippen molar-refractivity contribution in [3.8, 4) is 17.2 Å². The Kier molecular flexibility index (Phi) is 6.73. The number of rotatable bonds is 8. The van der Waals surface area contributed by atoms with Gasteiger partial charge in [-0.25, -0.2) is 9.07 Å². The summed E-state index contributed by atoms with van der Waals surface area (Å²) in [4.78, 5) is 24.8. The minimum absolute atomic E-state index is 0.288. The molecular weight excluding hydrogens is 443 g/mol. The molecule has 3 aromatic carbocycles. The van der Waals surface area contributed by atoms with E-state index in [1.165, 1.54) is 48.5 Å². The molecule has 10 nitrogen and oxygen atoms in total. The van der Waals surface area contributed by atoms with E-state index in [1.54, 1.807) is 36.4 Å². The van der Waals surface area contributed by atoms with Crippen molar-refractivity contribution in [2.45, 2.75) is 0 Å². The third-order valence-corrected chi connectivity index (χ3v) is 4.65. The van der Waals surface area contributed by atoms with Crippen LogP contribution in [0.3, 0.4) is 0 Å². The monoisotopic (exact) mass is 462 g/mol. The fourth-order valence-electron chi connectivity index (χ4n) is 2.98. The number of carbonyl (C=O) groups is 2. The third-order valence-electron chi connectivity index (χ3n) is 4.65. The van der Waals surface area contributed by atoms with Gasteiger partial charge >= 0.3 is 0 Å². The fraction of sp³-hybridized carbons (Fsp3) is 0.0870. The highest BCUT2D eigenvalue weighted by Gasteiger charge is 2.13. The summed E-state index contributed by atoms with van der Waals surface area (Å²) in [6, 6.07) is 17.0. The van der Waals surface area contributed by atoms with Gasteiger partial charge in [0.1, 0.15) is 12.1 Å². The zero-order chi connectivity index (χ0) is 23.9. The number of tetrazole rings is 1. The molecule has 4 aromatic rings. The standard InChI is InChI=1S/C23H19FN6O4/c1-33-21-12-15(23(32)27-18-7-9-19(10-8-18)30-14-25-28-29-30)2-11-20(21)34-13-22(31)26-17-5-3-16(24)4-6-17/h2-12,14H,13H2,1H3,(H,26,31)(H,27,32). The number of amides is 2. The number of nitrogens with zero attached hydrogens (tertiary/aromatic N) is 4. The summed E-state index contributed by atoms with van der Waals surface area (Å²) < 4.78 is 25.3. The summed E-state index contributed by atoms with van der Waals surface area (Å²) in [5, 5.41) is 16.4. The maximum Gasteiger partial charge on any atom is 0.262 e. The minimum atomic E-state index is -0.430. The van der Waals surface area contributed by atoms with E-state index in [2.05, 4.69) is 26.2 Å². The van der Waals surface area contributed by atoms with Crippen LogP contribution >= 0.6 is 0 Å². The lowest BCUT2D eigenvalue weighted by Gasteiger charge is -2.13. The maximum atomic E-state index is 13.0. The smallest absolute Gasteiger partial charge is 0.262 e. The SMILES string of the molecule is COc1cc(C(=O)Nc2ccc(-n3cnnn3)cc2)ccc1OCC(=O)Nc1ccc(F)cc1. The number of hydrogen-bond acceptors (Lipinski definition) is 7. The van der Waals surface area contributed by atoms with Crippen molar-refractivity contribution in [2.24, 2.45) is 0 Å². The number of nitrogens with one attached hydrogen (secondary N) is 2. The van der Waals surface area contributed by atoms with E-state index in [4.69, 9.17) is 9.47 Å². The summed E-state index contributed by atoms with van der Waals surface area (Å²) in [5.74, 6) is -0.602. The van der Waals surface area contributed by atoms with E-state index in [9.17, 15) is 14.0 Å². The summed E-state index contributed by atoms with van der Waals surface area (Å²) in [6.07, 6.45) is 1.47. The van der Waals surface area contributed by atoms with Crippen LogP contribution in [-0.2, 0) is 4.79 Å². The van der Waals surface area contributed by atoms with E-state index in [1.807, 2.05) is 0 Å². The number of ether oxygens (including phenoxy) is 2. The molecule has 0 fully saturated rings. The Labute approximate surface area is 193 Å². The zero-order valence-corrected chi connectivity index (χ0v) is 17.9. The molecule has 34 heavy (non-hydrogen) atoms. The third kappa shape index (κ3) is 5.51. The zero-order valence-electron chi connectivity index (χ0n) is 17.9. The van der Waals surface area contributed by atoms with Crippen LogP contribution in [-0.4, -0.2) is 45.7 Å². The van der Waals surface area contributed by atoms with Crippen LogP contribution < -0.4 is 20.1 Å². The highest BCUT2D eigenvalue weighted by molar-refractivity contribution is 6.04. The number of carbonyl (C=O) groups excluding carboxylic acids is 2. The summed E-state index contributed by atoms with van der Waals surface area (Å²) >= 11 is 0. The van der Waals surface area contributed by atoms with Gasteiger partial charge in [0, 0.05) is 16.9 Å². The molecule has 172 valence electrons. The normalized spacial score (nSPS) is 10.4. The molecule has 0 bridgehead atoms. The molecule has 0 saturated heterocycles. The van der Waals surface area contributed by atoms with E-state index in [0.717, 1.165) is 5.69 Å². The van der Waals surface area contributed by atoms with Gasteiger partial charge in [-0.2, -0.15) is 0 Å². The van der Waals surface area contributed by atoms with Crippen LogP contribution in [0.15, 0.2) is 73.1 Å². The summed E-state index contributed by atoms with van der Waals surface area (Å²) in [5.41, 5.74) is 2.11. The van der Waals surface area contributed by atoms with Gasteiger partial charge in [0.05, 0.1) is 12.8 Å². The molecule has 0 aliphatic heterocycles. The summed E-state index contributed by atoms with van der Waals surface area (Å²) in [6.45, 7) is -0.299. The van der Waals surface area contributed by atoms with Crippen LogP contribution in [0, 0.1) is 5.82 Å². The van der Waals surface area contributed by atoms with E-state index in [0.29, 0.717) is 22.7 Å². The number of benzene rings is 3. The second kappa shape index (κ2) is 10.2. The summed E-state index contributed by atoms with van der Waals surface area (Å²) in [7, 11) is 1.43. The van der Waals surface area contributed by atoms with Crippen LogP contribution in [0.5, 0.6) is 11.5 Å². The van der Waals surface area contributed by atoms with Gasteiger partial charge in [0.25, 0.3) is 11.8 Å². The van der Waals surface area contributed by atoms with Crippen molar-refractivity contribution in [3.63, 3.8) is 0 Å². The number of halogens is 1. The second-order valence-electron chi connectivity index (χ2n) is 6.96. The second-order valence-corrected chi connectivity index (χ2v) is 6.96. The number of hydrogen-bond donors (Lipinski definition) is 2. The minimum Gasteiger partial charge on any atom is -0.493 e. The molecular formula is C23H19FN6O4. The number of anilines is 2. The Balaban J connectivity index is 1.36. The quantitative estimate of drug-likeness (QED) is 0.413. The first-order valence-electron chi connectivity index (χ1n) is 10.0. The van der Waals surface area contributed by atoms with Gasteiger partial charge in [-0.15, -0.1) is 5.10 Å². The topological polar surface area (TPSA) is 120 Å². The highest BCUT2D eigenvalue weighted by Crippen LogP contribution is 2.28. The predicted molar refractivity (Wildman–Crippen MR) is 121 cm³/mol. The number of aromatic nitrogens is 4. The first-order valence-corrected chi connectivity index (χ1v) is 10.0. The fourth-order valence-corrected chi connectivity index (χ4v) is 2.98. The highest BCUT2D eigenvalue weighted by atomic mass is 19.1. The van der Waals surface area contributed by atoms with Crippen molar-refractivity contribution in [1.82, 2.24) is 20.2 Å². The van der Waals surface area contributed by atoms with Crippen molar-refractivity contribution in [2.75, 3.05) is 24.4 Å². The first kappa shape index (κ1) is 22.4. The molecule has 0 spiro atoms. The van der Waals surface area contributed by atoms with Gasteiger partial charge in [-0.05, 0) is 77.2 Å². The Hall–Kier alpha value is -4.80. The molecule has 2 N–H and O–H groups in total. The molecule has 11 heteroatoms. The average Bonchev–Trinajstić information content (AvgIpc) is 3.39. The van der Waals surface area contributed by atoms with Crippen LogP contribution in [0.2, 0.25) is 0 Å². The first-order chi connectivity index (χ1) is 16.5. The lowest BCUT2D eigenvalue weighted by molar-refractivity contribution is -0.118. The largest absolute Gasteiger partial charge is 0.493 e. The molecule has 0 radical (unpaired) electrons. The average molecular weight is 462 g/mol. The lowest BCUT2D eigenvalue weighted by Crippen LogP contribution is -2.20. The Morgan fingerprint density at radius 3 is 2.32 bits per heavy atom. The Morgan fingerprint density at radius 2 is 1.65 bits per heavy atom. The molecule has 1 aromatic heterocycles. The van der Waals surface area contributed by atoms with Crippen LogP contribution in [0.4, 0.5) is 15.8 Å². The van der Waals surface area contributed by atoms with Gasteiger partial charge in [0.15, 0.2) is 18.1 Å². The van der Waals surface area contributed by atoms with Gasteiger partial charge in [0.2, 0.25) is 0 Å². The predicted octanol–water partition coefficient (Wildman–Crippen LogP) is 3.08. The number of methoxy groups -OCH3 is 1. The molecule has 0 aliphatic rings. The van der Waals surface area contributed by atoms with Crippen molar-refractivity contribution < 1.29 is 23.5 Å². The van der Waals surface area contributed by atoms with Crippen molar-refractivity contribution >= 4 is 23.2 Å². The van der Waals surface area contributed by atoms with Gasteiger partial charge < -0.3 is 20.1 Å². The van der Waals surface area contributed by atoms with E-state index < -0.39 is 11.7 Å². The van der Waals surface area contributed by atoms with Crippen molar-refractivity contribution in [3.05, 3.63) is 84.4 Å². The van der Waals surface area contributed by atoms with Gasteiger partial charge in [-0.1, -0.05) is 0 Å². The van der Waals surface area contributed by atoms with E-state index in [-0.39, 0.29) is 18.3 Å². The molecule has 1 heterocycles. The van der Waals surface area contributed by atoms with Crippen LogP contribution in [0.1, 0.15) is 10.4 Å². The lowest BCUT2D eigenvalue weighted by atomic mass is 10.1. The maximum absolute atomic E-state index is 13.0. The van der Waals surface area contributed by atoms with Crippen LogP contribution in [0.25, 0.3) is 5.69 Å². The Morgan fingerprint density at radius 1 is 0.941 bits per heavy atom. The molecule has 2 amide bonds. The van der Waals surface area contributed by atoms with Gasteiger partial charge in [-0.3, -0.25) is 9.59 Å². The van der Waals surface area contributed by atoms with E-state index >= 15 is 0 Å². The Bertz CT molecular complexity index is 1280. The molecule has 0 atom stereocenters. The van der Waals surface area contributed by atoms with Crippen molar-refractivity contribution in [1.29, 1.82) is 0 Å². The molecule has 4 rings (SSSR count). The molecule has 0 aliphatic carbocycles. The molecule has 0 unspecified atom stereocenters.